The van der Waals surface area contributed by atoms with E-state index in [4.69, 9.17) is 5.11 Å². The van der Waals surface area contributed by atoms with Crippen molar-refractivity contribution in [3.8, 4) is 0 Å². The molecule has 0 atom stereocenters. The van der Waals surface area contributed by atoms with Crippen molar-refractivity contribution in [2.75, 3.05) is 20.1 Å². The number of likely N-dealkylation sites (N-methyl/N-ethyl adjacent to an activating group) is 1. The van der Waals surface area contributed by atoms with Crippen molar-refractivity contribution in [1.29, 1.82) is 0 Å². The Bertz CT molecular complexity index is 524. The normalized spacial score (nSPS) is 15.8. The SMILES string of the molecule is CN1CC(=O)N(Cc2ccc(C(=O)O)cc2)CC1=O. The van der Waals surface area contributed by atoms with Crippen LogP contribution >= 0.6 is 0 Å². The zero-order valence-corrected chi connectivity index (χ0v) is 10.5. The molecule has 19 heavy (non-hydrogen) atoms. The molecule has 100 valence electrons. The third kappa shape index (κ3) is 2.90. The van der Waals surface area contributed by atoms with Gasteiger partial charge in [0.2, 0.25) is 11.8 Å². The van der Waals surface area contributed by atoms with Gasteiger partial charge in [0.15, 0.2) is 0 Å². The summed E-state index contributed by atoms with van der Waals surface area (Å²) in [5, 5.41) is 8.79. The minimum Gasteiger partial charge on any atom is -0.478 e. The number of amides is 2. The van der Waals surface area contributed by atoms with Crippen LogP contribution < -0.4 is 0 Å². The lowest BCUT2D eigenvalue weighted by Crippen LogP contribution is -2.51. The van der Waals surface area contributed by atoms with Crippen molar-refractivity contribution in [3.05, 3.63) is 35.4 Å². The lowest BCUT2D eigenvalue weighted by atomic mass is 10.1. The second kappa shape index (κ2) is 5.09. The molecular weight excluding hydrogens is 248 g/mol. The minimum atomic E-state index is -0.989. The molecule has 1 N–H and O–H groups in total. The number of aromatic carboxylic acids is 1. The maximum atomic E-state index is 11.8. The van der Waals surface area contributed by atoms with Crippen LogP contribution in [-0.2, 0) is 16.1 Å². The molecule has 1 aliphatic heterocycles. The minimum absolute atomic E-state index is 0.0655. The van der Waals surface area contributed by atoms with Gasteiger partial charge in [0.1, 0.15) is 6.54 Å². The Morgan fingerprint density at radius 3 is 2.37 bits per heavy atom. The first-order valence-electron chi connectivity index (χ1n) is 5.81. The summed E-state index contributed by atoms with van der Waals surface area (Å²) in [6.07, 6.45) is 0. The zero-order chi connectivity index (χ0) is 14.0. The zero-order valence-electron chi connectivity index (χ0n) is 10.5. The number of rotatable bonds is 3. The van der Waals surface area contributed by atoms with Crippen molar-refractivity contribution in [2.24, 2.45) is 0 Å². The van der Waals surface area contributed by atoms with Crippen LogP contribution in [0.15, 0.2) is 24.3 Å². The fourth-order valence-electron chi connectivity index (χ4n) is 1.88. The number of piperazine rings is 1. The number of carbonyl (C=O) groups is 3. The summed E-state index contributed by atoms with van der Waals surface area (Å²) in [5.41, 5.74) is 1.00. The van der Waals surface area contributed by atoms with Crippen molar-refractivity contribution in [2.45, 2.75) is 6.54 Å². The van der Waals surface area contributed by atoms with Crippen LogP contribution in [0.25, 0.3) is 0 Å². The highest BCUT2D eigenvalue weighted by atomic mass is 16.4. The van der Waals surface area contributed by atoms with Crippen molar-refractivity contribution >= 4 is 17.8 Å². The lowest BCUT2D eigenvalue weighted by molar-refractivity contribution is -0.149. The van der Waals surface area contributed by atoms with E-state index in [1.54, 1.807) is 19.2 Å². The highest BCUT2D eigenvalue weighted by molar-refractivity contribution is 5.92. The van der Waals surface area contributed by atoms with E-state index in [-0.39, 0.29) is 30.5 Å². The first-order valence-corrected chi connectivity index (χ1v) is 5.81. The Morgan fingerprint density at radius 2 is 1.79 bits per heavy atom. The van der Waals surface area contributed by atoms with Gasteiger partial charge in [-0.05, 0) is 17.7 Å². The molecule has 0 saturated carbocycles. The van der Waals surface area contributed by atoms with E-state index in [1.165, 1.54) is 21.9 Å². The number of carboxylic acids is 1. The number of nitrogens with zero attached hydrogens (tertiary/aromatic N) is 2. The van der Waals surface area contributed by atoms with Crippen molar-refractivity contribution in [1.82, 2.24) is 9.80 Å². The van der Waals surface area contributed by atoms with Crippen LogP contribution in [0.3, 0.4) is 0 Å². The maximum Gasteiger partial charge on any atom is 0.335 e. The van der Waals surface area contributed by atoms with Crippen LogP contribution in [0.5, 0.6) is 0 Å². The molecule has 0 aliphatic carbocycles. The Labute approximate surface area is 110 Å². The molecule has 2 rings (SSSR count). The van der Waals surface area contributed by atoms with E-state index in [2.05, 4.69) is 0 Å². The fraction of sp³-hybridized carbons (Fsp3) is 0.308. The molecule has 6 heteroatoms. The Morgan fingerprint density at radius 1 is 1.16 bits per heavy atom. The van der Waals surface area contributed by atoms with E-state index in [0.717, 1.165) is 5.56 Å². The van der Waals surface area contributed by atoms with Gasteiger partial charge in [-0.3, -0.25) is 9.59 Å². The lowest BCUT2D eigenvalue weighted by Gasteiger charge is -2.31. The van der Waals surface area contributed by atoms with E-state index in [9.17, 15) is 14.4 Å². The summed E-state index contributed by atoms with van der Waals surface area (Å²) in [7, 11) is 1.60. The van der Waals surface area contributed by atoms with Gasteiger partial charge in [-0.25, -0.2) is 4.79 Å². The maximum absolute atomic E-state index is 11.8. The van der Waals surface area contributed by atoms with E-state index >= 15 is 0 Å². The molecule has 1 heterocycles. The van der Waals surface area contributed by atoms with Crippen LogP contribution in [0.4, 0.5) is 0 Å². The van der Waals surface area contributed by atoms with Gasteiger partial charge in [0.05, 0.1) is 12.1 Å². The summed E-state index contributed by atoms with van der Waals surface area (Å²) in [6, 6.07) is 6.28. The number of carboxylic acid groups (broad SMARTS) is 1. The van der Waals surface area contributed by atoms with E-state index < -0.39 is 5.97 Å². The second-order valence-electron chi connectivity index (χ2n) is 4.50. The average molecular weight is 262 g/mol. The van der Waals surface area contributed by atoms with Gasteiger partial charge in [-0.2, -0.15) is 0 Å². The van der Waals surface area contributed by atoms with E-state index in [1.807, 2.05) is 0 Å². The van der Waals surface area contributed by atoms with Gasteiger partial charge < -0.3 is 14.9 Å². The largest absolute Gasteiger partial charge is 0.478 e. The molecule has 1 saturated heterocycles. The predicted octanol–water partition coefficient (Wildman–Crippen LogP) is 0.185. The molecule has 1 aromatic carbocycles. The quantitative estimate of drug-likeness (QED) is 0.843. The number of benzene rings is 1. The number of carbonyl (C=O) groups excluding carboxylic acids is 2. The number of hydrogen-bond donors (Lipinski definition) is 1. The predicted molar refractivity (Wildman–Crippen MR) is 66.5 cm³/mol. The standard InChI is InChI=1S/C13H14N2O4/c1-14-7-12(17)15(8-11(14)16)6-9-2-4-10(5-3-9)13(18)19/h2-5H,6-8H2,1H3,(H,18,19). The summed E-state index contributed by atoms with van der Waals surface area (Å²) < 4.78 is 0. The van der Waals surface area contributed by atoms with Gasteiger partial charge in [-0.1, -0.05) is 12.1 Å². The molecule has 1 aliphatic rings. The first-order chi connectivity index (χ1) is 8.97. The monoisotopic (exact) mass is 262 g/mol. The molecule has 6 nitrogen and oxygen atoms in total. The molecule has 0 bridgehead atoms. The first kappa shape index (κ1) is 13.1. The van der Waals surface area contributed by atoms with Gasteiger partial charge >= 0.3 is 5.97 Å². The molecule has 2 amide bonds. The van der Waals surface area contributed by atoms with E-state index in [0.29, 0.717) is 6.54 Å². The molecule has 1 aromatic rings. The molecule has 0 radical (unpaired) electrons. The average Bonchev–Trinajstić information content (AvgIpc) is 2.36. The van der Waals surface area contributed by atoms with Gasteiger partial charge in [0.25, 0.3) is 0 Å². The van der Waals surface area contributed by atoms with Crippen LogP contribution in [-0.4, -0.2) is 52.8 Å². The smallest absolute Gasteiger partial charge is 0.335 e. The van der Waals surface area contributed by atoms with Gasteiger partial charge in [0, 0.05) is 13.6 Å². The van der Waals surface area contributed by atoms with Crippen LogP contribution in [0.2, 0.25) is 0 Å². The second-order valence-corrected chi connectivity index (χ2v) is 4.50. The Hall–Kier alpha value is -2.37. The Kier molecular flexibility index (Phi) is 3.50. The number of hydrogen-bond acceptors (Lipinski definition) is 3. The summed E-state index contributed by atoms with van der Waals surface area (Å²) in [4.78, 5) is 36.9. The molecular formula is C13H14N2O4. The Balaban J connectivity index is 2.06. The molecule has 0 spiro atoms. The summed E-state index contributed by atoms with van der Waals surface area (Å²) in [5.74, 6) is -1.19. The molecule has 0 unspecified atom stereocenters. The summed E-state index contributed by atoms with van der Waals surface area (Å²) >= 11 is 0. The highest BCUT2D eigenvalue weighted by Crippen LogP contribution is 2.11. The molecule has 1 fully saturated rings. The van der Waals surface area contributed by atoms with Crippen molar-refractivity contribution < 1.29 is 19.5 Å². The third-order valence-electron chi connectivity index (χ3n) is 3.05. The molecule has 0 aromatic heterocycles. The van der Waals surface area contributed by atoms with Gasteiger partial charge in [-0.15, -0.1) is 0 Å². The van der Waals surface area contributed by atoms with Crippen LogP contribution in [0, 0.1) is 0 Å². The van der Waals surface area contributed by atoms with Crippen molar-refractivity contribution in [3.63, 3.8) is 0 Å². The third-order valence-corrected chi connectivity index (χ3v) is 3.05. The topological polar surface area (TPSA) is 77.9 Å². The summed E-state index contributed by atoms with van der Waals surface area (Å²) in [6.45, 7) is 0.473. The van der Waals surface area contributed by atoms with Crippen LogP contribution in [0.1, 0.15) is 15.9 Å². The highest BCUT2D eigenvalue weighted by Gasteiger charge is 2.27. The fourth-order valence-corrected chi connectivity index (χ4v) is 1.88.